The number of furan rings is 1. The summed E-state index contributed by atoms with van der Waals surface area (Å²) in [5.41, 5.74) is 12.2. The predicted molar refractivity (Wildman–Crippen MR) is 266 cm³/mol. The maximum atomic E-state index is 6.90. The van der Waals surface area contributed by atoms with Crippen LogP contribution in [0.25, 0.3) is 98.5 Å². The molecular formula is C59H37N4O-. The van der Waals surface area contributed by atoms with Gasteiger partial charge in [0.05, 0.1) is 28.7 Å². The van der Waals surface area contributed by atoms with Crippen LogP contribution in [0, 0.1) is 0 Å². The van der Waals surface area contributed by atoms with Crippen LogP contribution in [0.5, 0.6) is 0 Å². The van der Waals surface area contributed by atoms with E-state index in [1.165, 1.54) is 26.9 Å². The Kier molecular flexibility index (Phi) is 8.21. The number of hydrogen-bond acceptors (Lipinski definition) is 3. The second-order valence-electron chi connectivity index (χ2n) is 16.5. The van der Waals surface area contributed by atoms with Gasteiger partial charge in [-0.1, -0.05) is 176 Å². The van der Waals surface area contributed by atoms with E-state index in [1.807, 2.05) is 12.1 Å². The minimum absolute atomic E-state index is 0.524. The number of benzene rings is 10. The number of nitrogens with zero attached hydrogens (tertiary/aromatic N) is 4. The summed E-state index contributed by atoms with van der Waals surface area (Å²) in [7, 11) is 0. The summed E-state index contributed by atoms with van der Waals surface area (Å²) in [5.74, 6) is 1.25. The molecule has 5 nitrogen and oxygen atoms in total. The third-order valence-electron chi connectivity index (χ3n) is 12.7. The van der Waals surface area contributed by atoms with Crippen LogP contribution >= 0.6 is 0 Å². The first-order valence-corrected chi connectivity index (χ1v) is 21.7. The van der Waals surface area contributed by atoms with E-state index in [0.717, 1.165) is 83.0 Å². The molecule has 64 heavy (non-hydrogen) atoms. The van der Waals surface area contributed by atoms with Crippen LogP contribution in [0.4, 0.5) is 0 Å². The van der Waals surface area contributed by atoms with Gasteiger partial charge < -0.3 is 19.3 Å². The molecule has 10 aromatic carbocycles. The van der Waals surface area contributed by atoms with E-state index >= 15 is 0 Å². The van der Waals surface area contributed by atoms with E-state index in [0.29, 0.717) is 11.7 Å². The summed E-state index contributed by atoms with van der Waals surface area (Å²) in [4.78, 5) is 10.7. The molecule has 1 atom stereocenters. The van der Waals surface area contributed by atoms with Crippen molar-refractivity contribution in [1.82, 2.24) is 4.57 Å². The van der Waals surface area contributed by atoms with Crippen molar-refractivity contribution in [3.05, 3.63) is 240 Å². The summed E-state index contributed by atoms with van der Waals surface area (Å²) in [5, 5.41) is 14.4. The average molecular weight is 818 g/mol. The zero-order chi connectivity index (χ0) is 42.1. The van der Waals surface area contributed by atoms with Gasteiger partial charge in [-0.05, 0) is 91.8 Å². The smallest absolute Gasteiger partial charge is 0.137 e. The zero-order valence-electron chi connectivity index (χ0n) is 34.6. The SMILES string of the molecule is c1ccc(-c2cccc(C3N=C(c4cccc5oc6cc(-n7c8ccccc8c8cc9ccccc9cc87)c(-c7ccccc7)cc6c45)N=C(c4ccc5ccccc5c4)[N-]3)c2)cc1. The van der Waals surface area contributed by atoms with Crippen LogP contribution < -0.4 is 0 Å². The van der Waals surface area contributed by atoms with Crippen molar-refractivity contribution < 1.29 is 4.42 Å². The van der Waals surface area contributed by atoms with Crippen LogP contribution in [0.15, 0.2) is 233 Å². The summed E-state index contributed by atoms with van der Waals surface area (Å²) in [6, 6.07) is 77.2. The zero-order valence-corrected chi connectivity index (χ0v) is 34.6. The highest BCUT2D eigenvalue weighted by Crippen LogP contribution is 2.43. The first-order valence-electron chi connectivity index (χ1n) is 21.7. The molecule has 1 aliphatic rings. The van der Waals surface area contributed by atoms with E-state index < -0.39 is 6.17 Å². The van der Waals surface area contributed by atoms with Gasteiger partial charge in [0.25, 0.3) is 0 Å². The molecule has 0 N–H and O–H groups in total. The van der Waals surface area contributed by atoms with Crippen molar-refractivity contribution in [2.45, 2.75) is 6.17 Å². The molecule has 0 radical (unpaired) electrons. The topological polar surface area (TPSA) is 56.9 Å². The van der Waals surface area contributed by atoms with E-state index in [4.69, 9.17) is 19.7 Å². The highest BCUT2D eigenvalue weighted by atomic mass is 16.3. The molecule has 0 aliphatic carbocycles. The molecule has 0 amide bonds. The van der Waals surface area contributed by atoms with Crippen LogP contribution in [-0.4, -0.2) is 16.2 Å². The fourth-order valence-corrected chi connectivity index (χ4v) is 9.67. The Morgan fingerprint density at radius 3 is 1.94 bits per heavy atom. The summed E-state index contributed by atoms with van der Waals surface area (Å²) in [6.45, 7) is 0. The Labute approximate surface area is 368 Å². The number of para-hydroxylation sites is 1. The van der Waals surface area contributed by atoms with Gasteiger partial charge in [0.1, 0.15) is 11.2 Å². The van der Waals surface area contributed by atoms with E-state index in [9.17, 15) is 0 Å². The Morgan fingerprint density at radius 1 is 0.422 bits per heavy atom. The van der Waals surface area contributed by atoms with Crippen molar-refractivity contribution in [1.29, 1.82) is 0 Å². The van der Waals surface area contributed by atoms with Gasteiger partial charge in [-0.3, -0.25) is 4.99 Å². The summed E-state index contributed by atoms with van der Waals surface area (Å²) in [6.07, 6.45) is -0.524. The number of aromatic nitrogens is 1. The number of fused-ring (bicyclic) bond motifs is 8. The van der Waals surface area contributed by atoms with E-state index in [2.05, 4.69) is 211 Å². The van der Waals surface area contributed by atoms with Crippen LogP contribution in [0.3, 0.4) is 0 Å². The normalized spacial score (nSPS) is 14.1. The van der Waals surface area contributed by atoms with Gasteiger partial charge in [0.15, 0.2) is 0 Å². The maximum absolute atomic E-state index is 6.90. The van der Waals surface area contributed by atoms with Crippen LogP contribution in [-0.2, 0) is 0 Å². The second kappa shape index (κ2) is 14.5. The summed E-state index contributed by atoms with van der Waals surface area (Å²) < 4.78 is 9.31. The fourth-order valence-electron chi connectivity index (χ4n) is 9.67. The van der Waals surface area contributed by atoms with E-state index in [-0.39, 0.29) is 0 Å². The molecule has 13 rings (SSSR count). The lowest BCUT2D eigenvalue weighted by atomic mass is 9.98. The second-order valence-corrected chi connectivity index (χ2v) is 16.5. The molecule has 0 spiro atoms. The fraction of sp³-hybridized carbons (Fsp3) is 0.0169. The molecule has 12 aromatic rings. The number of aliphatic imine (C=N–C) groups is 2. The minimum Gasteiger partial charge on any atom is -0.456 e. The van der Waals surface area contributed by atoms with Crippen molar-refractivity contribution in [3.63, 3.8) is 0 Å². The van der Waals surface area contributed by atoms with Gasteiger partial charge in [-0.25, -0.2) is 0 Å². The predicted octanol–water partition coefficient (Wildman–Crippen LogP) is 15.6. The van der Waals surface area contributed by atoms with Gasteiger partial charge in [-0.2, -0.15) is 0 Å². The van der Waals surface area contributed by atoms with E-state index in [1.54, 1.807) is 0 Å². The van der Waals surface area contributed by atoms with Gasteiger partial charge in [-0.15, -0.1) is 0 Å². The van der Waals surface area contributed by atoms with Crippen LogP contribution in [0.2, 0.25) is 0 Å². The van der Waals surface area contributed by atoms with Crippen molar-refractivity contribution in [3.8, 4) is 27.9 Å². The lowest BCUT2D eigenvalue weighted by Crippen LogP contribution is -2.16. The number of amidine groups is 2. The first-order chi connectivity index (χ1) is 31.7. The minimum atomic E-state index is -0.524. The highest BCUT2D eigenvalue weighted by molar-refractivity contribution is 6.25. The third kappa shape index (κ3) is 5.93. The lowest BCUT2D eigenvalue weighted by molar-refractivity contribution is 0.668. The molecular weight excluding hydrogens is 781 g/mol. The van der Waals surface area contributed by atoms with Crippen molar-refractivity contribution in [2.24, 2.45) is 9.98 Å². The molecule has 300 valence electrons. The Balaban J connectivity index is 1.04. The molecule has 0 saturated carbocycles. The lowest BCUT2D eigenvalue weighted by Gasteiger charge is -2.33. The highest BCUT2D eigenvalue weighted by Gasteiger charge is 2.22. The number of rotatable bonds is 6. The standard InChI is InChI=1S/C59H37N4O/c1-3-15-37(16-4-1)41-23-13-24-44(31-41)57-60-58(45-30-29-38-17-7-8-20-40(38)32-45)62-59(61-57)47-26-14-28-54-56(47)50-35-48(39-18-5-2-6-19-39)53(36-55(50)64-54)63-51-27-12-11-25-46(51)49-33-42-21-9-10-22-43(42)34-52(49)63/h1-36,57H/q-1. The molecule has 1 aliphatic heterocycles. The van der Waals surface area contributed by atoms with Gasteiger partial charge in [0.2, 0.25) is 0 Å². The third-order valence-corrected chi connectivity index (χ3v) is 12.7. The van der Waals surface area contributed by atoms with Crippen molar-refractivity contribution in [2.75, 3.05) is 0 Å². The molecule has 0 bridgehead atoms. The average Bonchev–Trinajstić information content (AvgIpc) is 3.90. The van der Waals surface area contributed by atoms with Gasteiger partial charge in [0, 0.05) is 38.7 Å². The van der Waals surface area contributed by atoms with Crippen molar-refractivity contribution >= 4 is 77.0 Å². The van der Waals surface area contributed by atoms with Crippen LogP contribution in [0.1, 0.15) is 22.9 Å². The molecule has 0 fully saturated rings. The maximum Gasteiger partial charge on any atom is 0.137 e. The summed E-state index contributed by atoms with van der Waals surface area (Å²) >= 11 is 0. The molecule has 3 heterocycles. The Hall–Kier alpha value is -8.54. The monoisotopic (exact) mass is 817 g/mol. The quantitative estimate of drug-likeness (QED) is 0.165. The molecule has 0 saturated heterocycles. The molecule has 1 unspecified atom stereocenters. The largest absolute Gasteiger partial charge is 0.456 e. The molecule has 2 aromatic heterocycles. The Morgan fingerprint density at radius 2 is 1.11 bits per heavy atom. The van der Waals surface area contributed by atoms with Gasteiger partial charge >= 0.3 is 0 Å². The first kappa shape index (κ1) is 36.1. The number of hydrogen-bond donors (Lipinski definition) is 0. The molecule has 5 heteroatoms. The Bertz CT molecular complexity index is 3880.